The number of aromatic nitrogens is 3. The van der Waals surface area contributed by atoms with Crippen LogP contribution in [0.5, 0.6) is 0 Å². The summed E-state index contributed by atoms with van der Waals surface area (Å²) in [5.74, 6) is -0.389. The molecule has 0 spiro atoms. The molecule has 0 aliphatic heterocycles. The van der Waals surface area contributed by atoms with E-state index in [9.17, 15) is 4.79 Å². The molecule has 0 atom stereocenters. The van der Waals surface area contributed by atoms with E-state index in [1.54, 1.807) is 4.68 Å². The van der Waals surface area contributed by atoms with E-state index in [1.807, 2.05) is 62.4 Å². The predicted octanol–water partition coefficient (Wildman–Crippen LogP) is 5.17. The van der Waals surface area contributed by atoms with Gasteiger partial charge in [-0.3, -0.25) is 4.68 Å². The number of carbonyl (C=O) groups excluding carboxylic acids is 1. The van der Waals surface area contributed by atoms with E-state index in [0.717, 1.165) is 26.5 Å². The third kappa shape index (κ3) is 3.66. The summed E-state index contributed by atoms with van der Waals surface area (Å²) >= 11 is 7.78. The third-order valence-corrected chi connectivity index (χ3v) is 5.91. The second-order valence-corrected chi connectivity index (χ2v) is 7.97. The average molecular weight is 412 g/mol. The lowest BCUT2D eigenvalue weighted by molar-refractivity contribution is 0.0470. The van der Waals surface area contributed by atoms with Gasteiger partial charge in [0.05, 0.1) is 28.1 Å². The normalized spacial score (nSPS) is 11.1. The van der Waals surface area contributed by atoms with E-state index in [0.29, 0.717) is 22.8 Å². The summed E-state index contributed by atoms with van der Waals surface area (Å²) in [5.41, 5.74) is 3.75. The molecule has 0 amide bonds. The smallest absolute Gasteiger partial charge is 0.342 e. The molecule has 0 aliphatic rings. The largest absolute Gasteiger partial charge is 0.455 e. The molecule has 142 valence electrons. The Labute approximate surface area is 171 Å². The fraction of sp³-hybridized carbons (Fsp3) is 0.190. The van der Waals surface area contributed by atoms with Gasteiger partial charge in [0.15, 0.2) is 0 Å². The van der Waals surface area contributed by atoms with E-state index in [1.165, 1.54) is 11.3 Å². The first-order valence-corrected chi connectivity index (χ1v) is 10.0. The van der Waals surface area contributed by atoms with Crippen molar-refractivity contribution in [3.63, 3.8) is 0 Å². The van der Waals surface area contributed by atoms with Crippen LogP contribution in [0.1, 0.15) is 32.3 Å². The number of fused-ring (bicyclic) bond motifs is 1. The van der Waals surface area contributed by atoms with Crippen molar-refractivity contribution in [2.75, 3.05) is 0 Å². The summed E-state index contributed by atoms with van der Waals surface area (Å²) in [6, 6.07) is 15.5. The highest BCUT2D eigenvalue weighted by Gasteiger charge is 2.21. The minimum Gasteiger partial charge on any atom is -0.455 e. The maximum Gasteiger partial charge on any atom is 0.342 e. The number of para-hydroxylation sites is 1. The molecule has 7 heteroatoms. The summed E-state index contributed by atoms with van der Waals surface area (Å²) in [4.78, 5) is 17.2. The molecule has 4 aromatic rings. The molecule has 0 unspecified atom stereocenters. The van der Waals surface area contributed by atoms with E-state index in [2.05, 4.69) is 10.1 Å². The van der Waals surface area contributed by atoms with Crippen LogP contribution < -0.4 is 0 Å². The van der Waals surface area contributed by atoms with Gasteiger partial charge in [-0.1, -0.05) is 41.9 Å². The molecular formula is C21H18ClN3O2S. The van der Waals surface area contributed by atoms with Crippen molar-refractivity contribution in [2.24, 2.45) is 0 Å². The van der Waals surface area contributed by atoms with Crippen LogP contribution in [0, 0.1) is 13.8 Å². The van der Waals surface area contributed by atoms with Crippen molar-refractivity contribution < 1.29 is 9.53 Å². The summed E-state index contributed by atoms with van der Waals surface area (Å²) in [5, 5.41) is 5.95. The van der Waals surface area contributed by atoms with Crippen LogP contribution in [0.3, 0.4) is 0 Å². The van der Waals surface area contributed by atoms with Gasteiger partial charge in [-0.25, -0.2) is 9.78 Å². The first kappa shape index (κ1) is 18.7. The highest BCUT2D eigenvalue weighted by atomic mass is 35.5. The number of nitrogens with zero attached hydrogens (tertiary/aromatic N) is 3. The first-order valence-electron chi connectivity index (χ1n) is 8.82. The van der Waals surface area contributed by atoms with Gasteiger partial charge >= 0.3 is 5.97 Å². The maximum atomic E-state index is 12.7. The lowest BCUT2D eigenvalue weighted by Crippen LogP contribution is -2.09. The van der Waals surface area contributed by atoms with E-state index >= 15 is 0 Å². The molecule has 0 fully saturated rings. The lowest BCUT2D eigenvalue weighted by atomic mass is 10.2. The predicted molar refractivity (Wildman–Crippen MR) is 111 cm³/mol. The van der Waals surface area contributed by atoms with Crippen LogP contribution in [0.2, 0.25) is 5.02 Å². The average Bonchev–Trinajstić information content (AvgIpc) is 3.22. The van der Waals surface area contributed by atoms with E-state index in [-0.39, 0.29) is 12.6 Å². The molecule has 0 saturated carbocycles. The summed E-state index contributed by atoms with van der Waals surface area (Å²) < 4.78 is 8.38. The maximum absolute atomic E-state index is 12.7. The van der Waals surface area contributed by atoms with E-state index in [4.69, 9.17) is 16.3 Å². The molecule has 2 heterocycles. The summed E-state index contributed by atoms with van der Waals surface area (Å²) in [7, 11) is 0. The number of ether oxygens (including phenoxy) is 1. The SMILES string of the molecule is Cc1nn(Cc2ccccc2Cl)c(C)c1C(=O)OCc1nc2ccccc2s1. The van der Waals surface area contributed by atoms with Gasteiger partial charge < -0.3 is 4.74 Å². The van der Waals surface area contributed by atoms with Gasteiger partial charge in [0.1, 0.15) is 17.2 Å². The van der Waals surface area contributed by atoms with Gasteiger partial charge in [-0.05, 0) is 37.6 Å². The Kier molecular flexibility index (Phi) is 5.15. The first-order chi connectivity index (χ1) is 13.5. The topological polar surface area (TPSA) is 57.0 Å². The molecule has 4 rings (SSSR count). The highest BCUT2D eigenvalue weighted by molar-refractivity contribution is 7.18. The number of halogens is 1. The monoisotopic (exact) mass is 411 g/mol. The minimum absolute atomic E-state index is 0.146. The Hall–Kier alpha value is -2.70. The number of esters is 1. The summed E-state index contributed by atoms with van der Waals surface area (Å²) in [6.45, 7) is 4.32. The molecule has 0 aliphatic carbocycles. The number of hydrogen-bond donors (Lipinski definition) is 0. The second kappa shape index (κ2) is 7.73. The Bertz CT molecular complexity index is 1130. The number of carbonyl (C=O) groups is 1. The van der Waals surface area contributed by atoms with Crippen LogP contribution in [-0.2, 0) is 17.9 Å². The molecule has 28 heavy (non-hydrogen) atoms. The number of rotatable bonds is 5. The van der Waals surface area contributed by atoms with Crippen molar-refractivity contribution in [3.8, 4) is 0 Å². The molecule has 2 aromatic heterocycles. The molecule has 5 nitrogen and oxygen atoms in total. The third-order valence-electron chi connectivity index (χ3n) is 4.53. The minimum atomic E-state index is -0.389. The second-order valence-electron chi connectivity index (χ2n) is 6.45. The zero-order valence-electron chi connectivity index (χ0n) is 15.5. The molecule has 0 saturated heterocycles. The lowest BCUT2D eigenvalue weighted by Gasteiger charge is -2.07. The number of benzene rings is 2. The molecule has 0 N–H and O–H groups in total. The molecule has 0 radical (unpaired) electrons. The van der Waals surface area contributed by atoms with Crippen LogP contribution >= 0.6 is 22.9 Å². The van der Waals surface area contributed by atoms with Crippen molar-refractivity contribution in [3.05, 3.63) is 81.1 Å². The molecular weight excluding hydrogens is 394 g/mol. The Morgan fingerprint density at radius 1 is 1.14 bits per heavy atom. The van der Waals surface area contributed by atoms with Crippen molar-refractivity contribution in [1.29, 1.82) is 0 Å². The van der Waals surface area contributed by atoms with Crippen molar-refractivity contribution in [1.82, 2.24) is 14.8 Å². The Morgan fingerprint density at radius 2 is 1.89 bits per heavy atom. The number of hydrogen-bond acceptors (Lipinski definition) is 5. The van der Waals surface area contributed by atoms with Gasteiger partial charge in [-0.2, -0.15) is 5.10 Å². The Morgan fingerprint density at radius 3 is 2.68 bits per heavy atom. The quantitative estimate of drug-likeness (QED) is 0.425. The van der Waals surface area contributed by atoms with Gasteiger partial charge in [-0.15, -0.1) is 11.3 Å². The van der Waals surface area contributed by atoms with Crippen molar-refractivity contribution in [2.45, 2.75) is 27.0 Å². The highest BCUT2D eigenvalue weighted by Crippen LogP contribution is 2.23. The number of aryl methyl sites for hydroxylation is 1. The molecule has 0 bridgehead atoms. The van der Waals surface area contributed by atoms with Gasteiger partial charge in [0.2, 0.25) is 0 Å². The van der Waals surface area contributed by atoms with E-state index < -0.39 is 0 Å². The van der Waals surface area contributed by atoms with Crippen molar-refractivity contribution >= 4 is 39.1 Å². The van der Waals surface area contributed by atoms with Gasteiger partial charge in [0, 0.05) is 5.02 Å². The Balaban J connectivity index is 1.51. The standard InChI is InChI=1S/C21H18ClN3O2S/c1-13-20(14(2)25(24-13)11-15-7-3-4-8-16(15)22)21(26)27-12-19-23-17-9-5-6-10-18(17)28-19/h3-10H,11-12H2,1-2H3. The number of thiazole rings is 1. The van der Waals surface area contributed by atoms with Crippen LogP contribution in [0.15, 0.2) is 48.5 Å². The van der Waals surface area contributed by atoms with Crippen LogP contribution in [-0.4, -0.2) is 20.7 Å². The fourth-order valence-electron chi connectivity index (χ4n) is 3.12. The van der Waals surface area contributed by atoms with Crippen LogP contribution in [0.4, 0.5) is 0 Å². The molecule has 2 aromatic carbocycles. The zero-order valence-corrected chi connectivity index (χ0v) is 17.0. The van der Waals surface area contributed by atoms with Gasteiger partial charge in [0.25, 0.3) is 0 Å². The van der Waals surface area contributed by atoms with Crippen LogP contribution in [0.25, 0.3) is 10.2 Å². The summed E-state index contributed by atoms with van der Waals surface area (Å²) in [6.07, 6.45) is 0. The fourth-order valence-corrected chi connectivity index (χ4v) is 4.19. The zero-order chi connectivity index (χ0) is 19.7.